The van der Waals surface area contributed by atoms with Crippen molar-refractivity contribution in [3.63, 3.8) is 0 Å². The van der Waals surface area contributed by atoms with Gasteiger partial charge in [0.25, 0.3) is 5.91 Å². The first-order chi connectivity index (χ1) is 12.6. The van der Waals surface area contributed by atoms with Gasteiger partial charge >= 0.3 is 0 Å². The van der Waals surface area contributed by atoms with Crippen LogP contribution in [-0.2, 0) is 5.54 Å². The Morgan fingerprint density at radius 2 is 2.07 bits per heavy atom. The zero-order chi connectivity index (χ0) is 19.9. The van der Waals surface area contributed by atoms with Gasteiger partial charge in [-0.1, -0.05) is 20.8 Å². The Hall–Kier alpha value is -1.95. The summed E-state index contributed by atoms with van der Waals surface area (Å²) in [6, 6.07) is 2.15. The fraction of sp³-hybridized carbons (Fsp3) is 0.667. The van der Waals surface area contributed by atoms with Crippen molar-refractivity contribution < 1.29 is 4.79 Å². The molecule has 1 fully saturated rings. The van der Waals surface area contributed by atoms with E-state index < -0.39 is 0 Å². The molecule has 2 unspecified atom stereocenters. The molecule has 27 heavy (non-hydrogen) atoms. The number of fused-ring (bicyclic) bond motifs is 1. The highest BCUT2D eigenvalue weighted by Gasteiger charge is 2.28. The van der Waals surface area contributed by atoms with Gasteiger partial charge in [-0.3, -0.25) is 4.79 Å². The highest BCUT2D eigenvalue weighted by molar-refractivity contribution is 6.06. The molecule has 6 heteroatoms. The molecular formula is C21H33N5O. The van der Waals surface area contributed by atoms with Gasteiger partial charge < -0.3 is 10.6 Å². The highest BCUT2D eigenvalue weighted by Crippen LogP contribution is 2.29. The van der Waals surface area contributed by atoms with E-state index in [-0.39, 0.29) is 23.4 Å². The molecule has 1 aliphatic rings. The largest absolute Gasteiger partial charge is 0.349 e. The minimum Gasteiger partial charge on any atom is -0.349 e. The molecule has 0 aromatic carbocycles. The molecule has 2 N–H and O–H groups in total. The maximum atomic E-state index is 13.3. The zero-order valence-corrected chi connectivity index (χ0v) is 17.7. The maximum absolute atomic E-state index is 13.3. The predicted octanol–water partition coefficient (Wildman–Crippen LogP) is 3.35. The van der Waals surface area contributed by atoms with Crippen LogP contribution in [0.4, 0.5) is 0 Å². The average Bonchev–Trinajstić information content (AvgIpc) is 2.93. The summed E-state index contributed by atoms with van der Waals surface area (Å²) in [7, 11) is 0. The molecule has 0 bridgehead atoms. The van der Waals surface area contributed by atoms with Crippen LogP contribution in [0.2, 0.25) is 0 Å². The van der Waals surface area contributed by atoms with Crippen LogP contribution in [0.3, 0.4) is 0 Å². The van der Waals surface area contributed by atoms with Crippen molar-refractivity contribution in [3.05, 3.63) is 23.0 Å². The Kier molecular flexibility index (Phi) is 5.30. The van der Waals surface area contributed by atoms with Crippen molar-refractivity contribution in [2.75, 3.05) is 13.1 Å². The second-order valence-electron chi connectivity index (χ2n) is 9.17. The molecule has 2 aromatic heterocycles. The quantitative estimate of drug-likeness (QED) is 0.868. The fourth-order valence-electron chi connectivity index (χ4n) is 3.73. The van der Waals surface area contributed by atoms with E-state index in [1.54, 1.807) is 0 Å². The lowest BCUT2D eigenvalue weighted by molar-refractivity contribution is 0.0915. The number of nitrogens with one attached hydrogen (secondary N) is 2. The second kappa shape index (κ2) is 7.23. The monoisotopic (exact) mass is 371 g/mol. The van der Waals surface area contributed by atoms with Crippen molar-refractivity contribution in [2.45, 2.75) is 72.4 Å². The summed E-state index contributed by atoms with van der Waals surface area (Å²) >= 11 is 0. The number of rotatable bonds is 3. The van der Waals surface area contributed by atoms with Crippen LogP contribution < -0.4 is 10.6 Å². The van der Waals surface area contributed by atoms with Gasteiger partial charge in [-0.05, 0) is 65.1 Å². The Morgan fingerprint density at radius 1 is 1.37 bits per heavy atom. The van der Waals surface area contributed by atoms with E-state index in [1.165, 1.54) is 0 Å². The number of aryl methyl sites for hydroxylation is 1. The Balaban J connectivity index is 2.10. The van der Waals surface area contributed by atoms with Crippen molar-refractivity contribution >= 4 is 16.9 Å². The average molecular weight is 372 g/mol. The third-order valence-corrected chi connectivity index (χ3v) is 5.41. The molecular weight excluding hydrogens is 338 g/mol. The number of hydrogen-bond donors (Lipinski definition) is 2. The minimum atomic E-state index is -0.202. The first kappa shape index (κ1) is 19.8. The number of amides is 1. The summed E-state index contributed by atoms with van der Waals surface area (Å²) in [5.41, 5.74) is 3.08. The minimum absolute atomic E-state index is 0.0143. The molecule has 2 atom stereocenters. The molecule has 0 radical (unpaired) electrons. The van der Waals surface area contributed by atoms with Crippen LogP contribution in [0.1, 0.15) is 75.6 Å². The summed E-state index contributed by atoms with van der Waals surface area (Å²) in [5, 5.41) is 12.3. The Morgan fingerprint density at radius 3 is 2.67 bits per heavy atom. The highest BCUT2D eigenvalue weighted by atomic mass is 16.1. The Bertz CT molecular complexity index is 846. The lowest BCUT2D eigenvalue weighted by Gasteiger charge is -2.30. The maximum Gasteiger partial charge on any atom is 0.252 e. The van der Waals surface area contributed by atoms with Crippen LogP contribution in [0.15, 0.2) is 6.07 Å². The predicted molar refractivity (Wildman–Crippen MR) is 109 cm³/mol. The van der Waals surface area contributed by atoms with Crippen molar-refractivity contribution in [3.8, 4) is 0 Å². The van der Waals surface area contributed by atoms with Gasteiger partial charge in [-0.15, -0.1) is 0 Å². The molecule has 0 aliphatic carbocycles. The first-order valence-corrected chi connectivity index (χ1v) is 10.0. The Labute approximate surface area is 162 Å². The summed E-state index contributed by atoms with van der Waals surface area (Å²) in [6.07, 6.45) is 0.957. The van der Waals surface area contributed by atoms with Gasteiger partial charge in [0.1, 0.15) is 0 Å². The number of nitrogens with zero attached hydrogens (tertiary/aromatic N) is 3. The molecule has 6 nitrogen and oxygen atoms in total. The van der Waals surface area contributed by atoms with Crippen molar-refractivity contribution in [1.29, 1.82) is 0 Å². The SMILES string of the molecule is Cc1nn(C(C)(C)C)c2nc(C(C)C)cc(C(=O)NC3CCNCC3C)c12. The second-order valence-corrected chi connectivity index (χ2v) is 9.17. The molecule has 148 valence electrons. The third-order valence-electron chi connectivity index (χ3n) is 5.41. The van der Waals surface area contributed by atoms with E-state index in [2.05, 4.69) is 52.2 Å². The standard InChI is InChI=1S/C21H33N5O/c1-12(2)17-10-15(20(27)24-16-8-9-22-11-13(16)3)18-14(4)25-26(19(18)23-17)21(5,6)7/h10,12-13,16,22H,8-9,11H2,1-7H3,(H,24,27). The van der Waals surface area contributed by atoms with Gasteiger partial charge in [-0.25, -0.2) is 9.67 Å². The summed E-state index contributed by atoms with van der Waals surface area (Å²) in [4.78, 5) is 18.1. The lowest BCUT2D eigenvalue weighted by Crippen LogP contribution is -2.48. The van der Waals surface area contributed by atoms with E-state index in [9.17, 15) is 4.79 Å². The van der Waals surface area contributed by atoms with Crippen LogP contribution in [0.5, 0.6) is 0 Å². The topological polar surface area (TPSA) is 71.8 Å². The van der Waals surface area contributed by atoms with E-state index in [0.717, 1.165) is 41.9 Å². The van der Waals surface area contributed by atoms with E-state index in [1.807, 2.05) is 17.7 Å². The van der Waals surface area contributed by atoms with Crippen LogP contribution in [0.25, 0.3) is 11.0 Å². The van der Waals surface area contributed by atoms with Gasteiger partial charge in [-0.2, -0.15) is 5.10 Å². The molecule has 1 saturated heterocycles. The number of piperidine rings is 1. The van der Waals surface area contributed by atoms with Gasteiger partial charge in [0.05, 0.1) is 22.2 Å². The normalized spacial score (nSPS) is 21.0. The molecule has 3 rings (SSSR count). The molecule has 1 amide bonds. The van der Waals surface area contributed by atoms with E-state index in [0.29, 0.717) is 11.5 Å². The number of pyridine rings is 1. The van der Waals surface area contributed by atoms with E-state index >= 15 is 0 Å². The first-order valence-electron chi connectivity index (χ1n) is 10.0. The summed E-state index contributed by atoms with van der Waals surface area (Å²) in [5.74, 6) is 0.644. The lowest BCUT2D eigenvalue weighted by atomic mass is 9.94. The van der Waals surface area contributed by atoms with Gasteiger partial charge in [0.15, 0.2) is 5.65 Å². The number of carbonyl (C=O) groups excluding carboxylic acids is 1. The molecule has 3 heterocycles. The van der Waals surface area contributed by atoms with E-state index in [4.69, 9.17) is 10.1 Å². The number of aromatic nitrogens is 3. The van der Waals surface area contributed by atoms with Crippen molar-refractivity contribution in [2.24, 2.45) is 5.92 Å². The van der Waals surface area contributed by atoms with Gasteiger partial charge in [0.2, 0.25) is 0 Å². The van der Waals surface area contributed by atoms with Gasteiger partial charge in [0, 0.05) is 11.7 Å². The fourth-order valence-corrected chi connectivity index (χ4v) is 3.73. The molecule has 0 spiro atoms. The smallest absolute Gasteiger partial charge is 0.252 e. The molecule has 1 aliphatic heterocycles. The van der Waals surface area contributed by atoms with Crippen LogP contribution in [-0.4, -0.2) is 39.8 Å². The summed E-state index contributed by atoms with van der Waals surface area (Å²) in [6.45, 7) is 16.6. The third kappa shape index (κ3) is 3.86. The van der Waals surface area contributed by atoms with Crippen molar-refractivity contribution in [1.82, 2.24) is 25.4 Å². The van der Waals surface area contributed by atoms with Crippen LogP contribution >= 0.6 is 0 Å². The van der Waals surface area contributed by atoms with Crippen LogP contribution in [0, 0.1) is 12.8 Å². The number of hydrogen-bond acceptors (Lipinski definition) is 4. The molecule has 0 saturated carbocycles. The summed E-state index contributed by atoms with van der Waals surface area (Å²) < 4.78 is 1.95. The molecule has 2 aromatic rings. The zero-order valence-electron chi connectivity index (χ0n) is 17.7. The number of carbonyl (C=O) groups is 1.